The van der Waals surface area contributed by atoms with Gasteiger partial charge in [-0.15, -0.1) is 0 Å². The van der Waals surface area contributed by atoms with E-state index in [9.17, 15) is 9.59 Å². The predicted octanol–water partition coefficient (Wildman–Crippen LogP) is 1.35. The average molecular weight is 188 g/mol. The van der Waals surface area contributed by atoms with Crippen LogP contribution in [-0.4, -0.2) is 16.9 Å². The van der Waals surface area contributed by atoms with Gasteiger partial charge in [0.15, 0.2) is 0 Å². The van der Waals surface area contributed by atoms with Gasteiger partial charge in [-0.05, 0) is 5.92 Å². The number of carboxylic acids is 1. The Kier molecular flexibility index (Phi) is 3.45. The molecule has 0 bridgehead atoms. The maximum Gasteiger partial charge on any atom is 0.315 e. The Hall–Kier alpha value is -2.08. The number of hydrogen-bond acceptors (Lipinski definition) is 2. The lowest BCUT2D eigenvalue weighted by Gasteiger charge is -1.90. The van der Waals surface area contributed by atoms with E-state index in [1.165, 1.54) is 0 Å². The second-order valence-electron chi connectivity index (χ2n) is 2.57. The van der Waals surface area contributed by atoms with Gasteiger partial charge in [0.1, 0.15) is 6.42 Å². The van der Waals surface area contributed by atoms with E-state index in [1.54, 1.807) is 30.3 Å². The molecule has 0 saturated carbocycles. The van der Waals surface area contributed by atoms with Crippen LogP contribution in [-0.2, 0) is 4.79 Å². The molecule has 0 heterocycles. The molecule has 14 heavy (non-hydrogen) atoms. The highest BCUT2D eigenvalue weighted by Gasteiger charge is 1.99. The summed E-state index contributed by atoms with van der Waals surface area (Å²) in [6.45, 7) is 0. The fourth-order valence-electron chi connectivity index (χ4n) is 0.862. The SMILES string of the molecule is O=C(O)CC#CC(=O)c1ccccc1. The molecule has 1 rings (SSSR count). The Bertz CT molecular complexity index is 396. The Morgan fingerprint density at radius 1 is 1.21 bits per heavy atom. The van der Waals surface area contributed by atoms with Crippen molar-refractivity contribution in [3.05, 3.63) is 35.9 Å². The van der Waals surface area contributed by atoms with Crippen LogP contribution in [0.4, 0.5) is 0 Å². The highest BCUT2D eigenvalue weighted by atomic mass is 16.4. The van der Waals surface area contributed by atoms with Crippen LogP contribution in [0, 0.1) is 11.8 Å². The molecular weight excluding hydrogens is 180 g/mol. The maximum atomic E-state index is 11.3. The largest absolute Gasteiger partial charge is 0.481 e. The van der Waals surface area contributed by atoms with Crippen molar-refractivity contribution in [1.29, 1.82) is 0 Å². The van der Waals surface area contributed by atoms with Crippen LogP contribution in [0.3, 0.4) is 0 Å². The third-order valence-electron chi connectivity index (χ3n) is 1.48. The molecule has 0 aliphatic rings. The zero-order valence-corrected chi connectivity index (χ0v) is 7.36. The first-order chi connectivity index (χ1) is 6.70. The van der Waals surface area contributed by atoms with Crippen LogP contribution in [0.1, 0.15) is 16.8 Å². The zero-order valence-electron chi connectivity index (χ0n) is 7.36. The quantitative estimate of drug-likeness (QED) is 0.433. The fraction of sp³-hybridized carbons (Fsp3) is 0.0909. The normalized spacial score (nSPS) is 8.57. The van der Waals surface area contributed by atoms with Gasteiger partial charge in [-0.25, -0.2) is 0 Å². The first-order valence-corrected chi connectivity index (χ1v) is 4.00. The fourth-order valence-corrected chi connectivity index (χ4v) is 0.862. The van der Waals surface area contributed by atoms with Crippen LogP contribution in [0.5, 0.6) is 0 Å². The number of hydrogen-bond donors (Lipinski definition) is 1. The topological polar surface area (TPSA) is 54.4 Å². The van der Waals surface area contributed by atoms with Crippen LogP contribution >= 0.6 is 0 Å². The molecule has 1 N–H and O–H groups in total. The number of carbonyl (C=O) groups is 2. The molecule has 3 nitrogen and oxygen atoms in total. The van der Waals surface area contributed by atoms with Crippen molar-refractivity contribution < 1.29 is 14.7 Å². The summed E-state index contributed by atoms with van der Waals surface area (Å²) in [6, 6.07) is 8.52. The van der Waals surface area contributed by atoms with E-state index in [-0.39, 0.29) is 12.2 Å². The molecule has 0 saturated heterocycles. The molecule has 0 spiro atoms. The van der Waals surface area contributed by atoms with Gasteiger partial charge in [0, 0.05) is 5.56 Å². The van der Waals surface area contributed by atoms with Crippen molar-refractivity contribution in [1.82, 2.24) is 0 Å². The van der Waals surface area contributed by atoms with Gasteiger partial charge in [0.25, 0.3) is 0 Å². The van der Waals surface area contributed by atoms with Crippen molar-refractivity contribution in [2.24, 2.45) is 0 Å². The summed E-state index contributed by atoms with van der Waals surface area (Å²) < 4.78 is 0. The molecule has 0 atom stereocenters. The number of rotatable bonds is 2. The van der Waals surface area contributed by atoms with Crippen molar-refractivity contribution in [3.8, 4) is 11.8 Å². The van der Waals surface area contributed by atoms with E-state index in [4.69, 9.17) is 5.11 Å². The van der Waals surface area contributed by atoms with E-state index in [1.807, 2.05) is 0 Å². The van der Waals surface area contributed by atoms with Gasteiger partial charge < -0.3 is 5.11 Å². The number of aliphatic carboxylic acids is 1. The number of carboxylic acid groups (broad SMARTS) is 1. The van der Waals surface area contributed by atoms with E-state index in [0.29, 0.717) is 5.56 Å². The summed E-state index contributed by atoms with van der Waals surface area (Å²) in [5, 5.41) is 8.28. The summed E-state index contributed by atoms with van der Waals surface area (Å²) in [4.78, 5) is 21.4. The summed E-state index contributed by atoms with van der Waals surface area (Å²) >= 11 is 0. The molecule has 1 aromatic carbocycles. The smallest absolute Gasteiger partial charge is 0.315 e. The second-order valence-corrected chi connectivity index (χ2v) is 2.57. The number of ketones is 1. The van der Waals surface area contributed by atoms with Crippen LogP contribution in [0.2, 0.25) is 0 Å². The molecule has 0 aliphatic carbocycles. The van der Waals surface area contributed by atoms with Crippen molar-refractivity contribution in [3.63, 3.8) is 0 Å². The third-order valence-corrected chi connectivity index (χ3v) is 1.48. The van der Waals surface area contributed by atoms with E-state index >= 15 is 0 Å². The van der Waals surface area contributed by atoms with E-state index in [2.05, 4.69) is 11.8 Å². The highest BCUT2D eigenvalue weighted by molar-refractivity contribution is 6.09. The lowest BCUT2D eigenvalue weighted by atomic mass is 10.1. The minimum absolute atomic E-state index is 0.307. The van der Waals surface area contributed by atoms with Crippen molar-refractivity contribution in [2.45, 2.75) is 6.42 Å². The Labute approximate surface area is 81.4 Å². The molecule has 0 unspecified atom stereocenters. The monoisotopic (exact) mass is 188 g/mol. The Balaban J connectivity index is 2.67. The number of benzene rings is 1. The van der Waals surface area contributed by atoms with E-state index in [0.717, 1.165) is 0 Å². The molecule has 0 fully saturated rings. The molecule has 0 aliphatic heterocycles. The van der Waals surface area contributed by atoms with Crippen molar-refractivity contribution >= 4 is 11.8 Å². The minimum atomic E-state index is -1.03. The molecule has 1 aromatic rings. The third kappa shape index (κ3) is 3.11. The van der Waals surface area contributed by atoms with Gasteiger partial charge in [-0.3, -0.25) is 9.59 Å². The van der Waals surface area contributed by atoms with Crippen LogP contribution in [0.25, 0.3) is 0 Å². The molecular formula is C11H8O3. The highest BCUT2D eigenvalue weighted by Crippen LogP contribution is 1.98. The maximum absolute atomic E-state index is 11.3. The lowest BCUT2D eigenvalue weighted by Crippen LogP contribution is -1.95. The Morgan fingerprint density at radius 3 is 2.43 bits per heavy atom. The first kappa shape index (κ1) is 10.0. The predicted molar refractivity (Wildman–Crippen MR) is 50.8 cm³/mol. The van der Waals surface area contributed by atoms with Crippen molar-refractivity contribution in [2.75, 3.05) is 0 Å². The first-order valence-electron chi connectivity index (χ1n) is 4.00. The molecule has 3 heteroatoms. The summed E-state index contributed by atoms with van der Waals surface area (Å²) in [7, 11) is 0. The van der Waals surface area contributed by atoms with Gasteiger partial charge in [0.05, 0.1) is 0 Å². The van der Waals surface area contributed by atoms with Gasteiger partial charge in [-0.1, -0.05) is 36.3 Å². The average Bonchev–Trinajstić information content (AvgIpc) is 2.18. The minimum Gasteiger partial charge on any atom is -0.481 e. The molecule has 0 aromatic heterocycles. The van der Waals surface area contributed by atoms with Crippen LogP contribution < -0.4 is 0 Å². The van der Waals surface area contributed by atoms with Gasteiger partial charge in [0.2, 0.25) is 5.78 Å². The second kappa shape index (κ2) is 4.83. The van der Waals surface area contributed by atoms with Gasteiger partial charge >= 0.3 is 5.97 Å². The van der Waals surface area contributed by atoms with E-state index < -0.39 is 5.97 Å². The molecule has 0 amide bonds. The summed E-state index contributed by atoms with van der Waals surface area (Å²) in [5.74, 6) is 3.16. The van der Waals surface area contributed by atoms with Crippen LogP contribution in [0.15, 0.2) is 30.3 Å². The number of carbonyl (C=O) groups excluding carboxylic acids is 1. The standard InChI is InChI=1S/C11H8O3/c12-10(7-4-8-11(13)14)9-5-2-1-3-6-9/h1-3,5-6H,8H2,(H,13,14). The summed E-state index contributed by atoms with van der Waals surface area (Å²) in [5.41, 5.74) is 0.477. The number of Topliss-reactive ketones (excluding diaryl/α,β-unsaturated/α-hetero) is 1. The Morgan fingerprint density at radius 2 is 1.86 bits per heavy atom. The molecule has 70 valence electrons. The van der Waals surface area contributed by atoms with Gasteiger partial charge in [-0.2, -0.15) is 0 Å². The molecule has 0 radical (unpaired) electrons. The zero-order chi connectivity index (χ0) is 10.4. The summed E-state index contributed by atoms with van der Waals surface area (Å²) in [6.07, 6.45) is -0.307. The lowest BCUT2D eigenvalue weighted by molar-refractivity contribution is -0.135.